The Balaban J connectivity index is 2.65. The lowest BCUT2D eigenvalue weighted by Gasteiger charge is -2.16. The topological polar surface area (TPSA) is 47.3 Å². The van der Waals surface area contributed by atoms with Gasteiger partial charge < -0.3 is 4.74 Å². The third kappa shape index (κ3) is 4.06. The standard InChI is InChI=1S/C11H16ClFN2O/c1-16-5-4-10(15-14)7-8-6-9(13)2-3-11(8)12/h2-3,6,10,15H,4-5,7,14H2,1H3. The Kier molecular flexibility index (Phi) is 5.69. The molecule has 0 bridgehead atoms. The number of halogens is 2. The molecule has 1 rings (SSSR count). The average Bonchev–Trinajstić information content (AvgIpc) is 2.28. The van der Waals surface area contributed by atoms with Gasteiger partial charge in [0.25, 0.3) is 0 Å². The van der Waals surface area contributed by atoms with E-state index < -0.39 is 0 Å². The lowest BCUT2D eigenvalue weighted by atomic mass is 10.0. The van der Waals surface area contributed by atoms with Gasteiger partial charge in [0.1, 0.15) is 5.82 Å². The van der Waals surface area contributed by atoms with Crippen LogP contribution in [0.5, 0.6) is 0 Å². The molecule has 0 fully saturated rings. The maximum atomic E-state index is 13.0. The Hall–Kier alpha value is -0.680. The summed E-state index contributed by atoms with van der Waals surface area (Å²) in [7, 11) is 1.63. The molecule has 90 valence electrons. The molecule has 0 saturated carbocycles. The molecule has 3 N–H and O–H groups in total. The number of hydrazine groups is 1. The van der Waals surface area contributed by atoms with Gasteiger partial charge in [-0.05, 0) is 36.6 Å². The molecule has 1 unspecified atom stereocenters. The van der Waals surface area contributed by atoms with Crippen molar-refractivity contribution in [1.82, 2.24) is 5.43 Å². The van der Waals surface area contributed by atoms with Crippen molar-refractivity contribution >= 4 is 11.6 Å². The minimum Gasteiger partial charge on any atom is -0.385 e. The highest BCUT2D eigenvalue weighted by atomic mass is 35.5. The van der Waals surface area contributed by atoms with Crippen molar-refractivity contribution in [3.63, 3.8) is 0 Å². The molecule has 5 heteroatoms. The van der Waals surface area contributed by atoms with Crippen molar-refractivity contribution < 1.29 is 9.13 Å². The van der Waals surface area contributed by atoms with Crippen molar-refractivity contribution in [2.24, 2.45) is 5.84 Å². The summed E-state index contributed by atoms with van der Waals surface area (Å²) in [6, 6.07) is 4.35. The zero-order valence-corrected chi connectivity index (χ0v) is 9.93. The van der Waals surface area contributed by atoms with Crippen LogP contribution >= 0.6 is 11.6 Å². The van der Waals surface area contributed by atoms with E-state index in [0.29, 0.717) is 18.1 Å². The van der Waals surface area contributed by atoms with Gasteiger partial charge in [0.05, 0.1) is 0 Å². The Bertz CT molecular complexity index is 336. The molecule has 0 spiro atoms. The van der Waals surface area contributed by atoms with Crippen LogP contribution in [0.15, 0.2) is 18.2 Å². The summed E-state index contributed by atoms with van der Waals surface area (Å²) in [5.74, 6) is 5.12. The van der Waals surface area contributed by atoms with E-state index in [2.05, 4.69) is 5.43 Å². The van der Waals surface area contributed by atoms with E-state index in [-0.39, 0.29) is 11.9 Å². The zero-order valence-electron chi connectivity index (χ0n) is 9.17. The van der Waals surface area contributed by atoms with Crippen molar-refractivity contribution in [3.8, 4) is 0 Å². The van der Waals surface area contributed by atoms with E-state index in [9.17, 15) is 4.39 Å². The fourth-order valence-corrected chi connectivity index (χ4v) is 1.66. The summed E-state index contributed by atoms with van der Waals surface area (Å²) in [4.78, 5) is 0. The van der Waals surface area contributed by atoms with Crippen LogP contribution in [0.1, 0.15) is 12.0 Å². The molecular formula is C11H16ClFN2O. The van der Waals surface area contributed by atoms with Crippen LogP contribution in [0, 0.1) is 5.82 Å². The molecule has 0 amide bonds. The minimum atomic E-state index is -0.290. The second-order valence-corrected chi connectivity index (χ2v) is 3.99. The van der Waals surface area contributed by atoms with Crippen molar-refractivity contribution in [1.29, 1.82) is 0 Å². The third-order valence-electron chi connectivity index (χ3n) is 2.38. The van der Waals surface area contributed by atoms with Crippen molar-refractivity contribution in [2.45, 2.75) is 18.9 Å². The summed E-state index contributed by atoms with van der Waals surface area (Å²) in [6.07, 6.45) is 1.33. The minimum absolute atomic E-state index is 0.0271. The Morgan fingerprint density at radius 3 is 2.94 bits per heavy atom. The Morgan fingerprint density at radius 1 is 1.56 bits per heavy atom. The number of ether oxygens (including phenoxy) is 1. The Morgan fingerprint density at radius 2 is 2.31 bits per heavy atom. The average molecular weight is 247 g/mol. The van der Waals surface area contributed by atoms with Crippen LogP contribution in [-0.4, -0.2) is 19.8 Å². The number of hydrogen-bond acceptors (Lipinski definition) is 3. The second kappa shape index (κ2) is 6.81. The van der Waals surface area contributed by atoms with E-state index in [4.69, 9.17) is 22.2 Å². The largest absolute Gasteiger partial charge is 0.385 e. The summed E-state index contributed by atoms with van der Waals surface area (Å²) < 4.78 is 18.0. The summed E-state index contributed by atoms with van der Waals surface area (Å²) in [5.41, 5.74) is 3.42. The van der Waals surface area contributed by atoms with Crippen LogP contribution in [0.2, 0.25) is 5.02 Å². The van der Waals surface area contributed by atoms with Crippen LogP contribution in [-0.2, 0) is 11.2 Å². The van der Waals surface area contributed by atoms with E-state index in [1.165, 1.54) is 12.1 Å². The molecule has 0 aliphatic rings. The maximum absolute atomic E-state index is 13.0. The summed E-state index contributed by atoms with van der Waals surface area (Å²) >= 11 is 5.96. The van der Waals surface area contributed by atoms with Crippen molar-refractivity contribution in [2.75, 3.05) is 13.7 Å². The first-order valence-electron chi connectivity index (χ1n) is 5.06. The van der Waals surface area contributed by atoms with Gasteiger partial charge in [0.15, 0.2) is 0 Å². The predicted molar refractivity (Wildman–Crippen MR) is 62.7 cm³/mol. The van der Waals surface area contributed by atoms with Crippen LogP contribution in [0.25, 0.3) is 0 Å². The molecular weight excluding hydrogens is 231 g/mol. The first-order valence-corrected chi connectivity index (χ1v) is 5.44. The summed E-state index contributed by atoms with van der Waals surface area (Å²) in [5, 5.41) is 0.555. The fourth-order valence-electron chi connectivity index (χ4n) is 1.47. The molecule has 0 aliphatic carbocycles. The molecule has 0 saturated heterocycles. The molecule has 0 aromatic heterocycles. The number of rotatable bonds is 6. The Labute approximate surface area is 99.7 Å². The number of methoxy groups -OCH3 is 1. The maximum Gasteiger partial charge on any atom is 0.123 e. The third-order valence-corrected chi connectivity index (χ3v) is 2.75. The predicted octanol–water partition coefficient (Wildman–Crippen LogP) is 1.89. The normalized spacial score (nSPS) is 12.8. The lowest BCUT2D eigenvalue weighted by Crippen LogP contribution is -2.37. The number of hydrogen-bond donors (Lipinski definition) is 2. The molecule has 0 aliphatic heterocycles. The van der Waals surface area contributed by atoms with Gasteiger partial charge in [-0.25, -0.2) is 4.39 Å². The second-order valence-electron chi connectivity index (χ2n) is 3.58. The van der Waals surface area contributed by atoms with Crippen molar-refractivity contribution in [3.05, 3.63) is 34.6 Å². The van der Waals surface area contributed by atoms with E-state index in [0.717, 1.165) is 12.0 Å². The smallest absolute Gasteiger partial charge is 0.123 e. The molecule has 1 atom stereocenters. The number of benzene rings is 1. The highest BCUT2D eigenvalue weighted by Crippen LogP contribution is 2.19. The highest BCUT2D eigenvalue weighted by Gasteiger charge is 2.10. The van der Waals surface area contributed by atoms with E-state index in [1.54, 1.807) is 13.2 Å². The highest BCUT2D eigenvalue weighted by molar-refractivity contribution is 6.31. The van der Waals surface area contributed by atoms with Gasteiger partial charge in [-0.2, -0.15) is 0 Å². The van der Waals surface area contributed by atoms with Crippen LogP contribution in [0.4, 0.5) is 4.39 Å². The van der Waals surface area contributed by atoms with Gasteiger partial charge in [-0.1, -0.05) is 11.6 Å². The van der Waals surface area contributed by atoms with Crippen LogP contribution in [0.3, 0.4) is 0 Å². The summed E-state index contributed by atoms with van der Waals surface area (Å²) in [6.45, 7) is 0.599. The van der Waals surface area contributed by atoms with Gasteiger partial charge in [0.2, 0.25) is 0 Å². The van der Waals surface area contributed by atoms with Gasteiger partial charge in [-0.3, -0.25) is 11.3 Å². The van der Waals surface area contributed by atoms with Gasteiger partial charge >= 0.3 is 0 Å². The van der Waals surface area contributed by atoms with Gasteiger partial charge in [0, 0.05) is 24.8 Å². The monoisotopic (exact) mass is 246 g/mol. The van der Waals surface area contributed by atoms with Gasteiger partial charge in [-0.15, -0.1) is 0 Å². The molecule has 1 aromatic rings. The first kappa shape index (κ1) is 13.4. The molecule has 0 heterocycles. The fraction of sp³-hybridized carbons (Fsp3) is 0.455. The SMILES string of the molecule is COCCC(Cc1cc(F)ccc1Cl)NN. The first-order chi connectivity index (χ1) is 7.67. The van der Waals surface area contributed by atoms with Crippen LogP contribution < -0.4 is 11.3 Å². The zero-order chi connectivity index (χ0) is 12.0. The molecule has 16 heavy (non-hydrogen) atoms. The molecule has 1 aromatic carbocycles. The number of nitrogens with two attached hydrogens (primary N) is 1. The molecule has 0 radical (unpaired) electrons. The molecule has 3 nitrogen and oxygen atoms in total. The van der Waals surface area contributed by atoms with E-state index >= 15 is 0 Å². The van der Waals surface area contributed by atoms with E-state index in [1.807, 2.05) is 0 Å². The lowest BCUT2D eigenvalue weighted by molar-refractivity contribution is 0.182. The quantitative estimate of drug-likeness (QED) is 0.595. The number of nitrogens with one attached hydrogen (secondary N) is 1.